The normalized spacial score (nSPS) is 12.2. The van der Waals surface area contributed by atoms with E-state index in [0.29, 0.717) is 5.69 Å². The van der Waals surface area contributed by atoms with Crippen LogP contribution in [0, 0.1) is 6.92 Å². The van der Waals surface area contributed by atoms with Crippen molar-refractivity contribution in [3.63, 3.8) is 0 Å². The van der Waals surface area contributed by atoms with E-state index in [9.17, 15) is 13.2 Å². The summed E-state index contributed by atoms with van der Waals surface area (Å²) >= 11 is 3.37. The third-order valence-electron chi connectivity index (χ3n) is 4.60. The summed E-state index contributed by atoms with van der Waals surface area (Å²) in [5.74, 6) is -0.249. The highest BCUT2D eigenvalue weighted by molar-refractivity contribution is 9.10. The first-order valence-corrected chi connectivity index (χ1v) is 11.8. The summed E-state index contributed by atoms with van der Waals surface area (Å²) in [7, 11) is -2.63. The fraction of sp³-hybridized carbons (Fsp3) is 0.174. The molecule has 3 aromatic rings. The number of aryl methyl sites for hydroxylation is 1. The number of anilines is 1. The second-order valence-corrected chi connectivity index (χ2v) is 9.62. The van der Waals surface area contributed by atoms with Crippen molar-refractivity contribution in [3.05, 3.63) is 88.4 Å². The molecule has 0 aliphatic rings. The lowest BCUT2D eigenvalue weighted by molar-refractivity contribution is -0.117. The zero-order chi connectivity index (χ0) is 22.4. The van der Waals surface area contributed by atoms with Gasteiger partial charge in [-0.1, -0.05) is 58.4 Å². The van der Waals surface area contributed by atoms with Crippen LogP contribution in [0.2, 0.25) is 0 Å². The molecule has 0 radical (unpaired) electrons. The smallest absolute Gasteiger partial charge is 0.245 e. The fourth-order valence-electron chi connectivity index (χ4n) is 3.08. The lowest BCUT2D eigenvalue weighted by Gasteiger charge is -2.20. The van der Waals surface area contributed by atoms with Crippen LogP contribution in [0.3, 0.4) is 0 Å². The number of nitrogens with one attached hydrogen (secondary N) is 2. The summed E-state index contributed by atoms with van der Waals surface area (Å²) in [4.78, 5) is 13.1. The van der Waals surface area contributed by atoms with E-state index >= 15 is 0 Å². The third-order valence-corrected chi connectivity index (χ3v) is 6.58. The standard InChI is InChI=1S/C23H23BrN2O4S/c1-16-11-12-21(30-2)22(13-16)31(28,29)26-20(14-17-7-4-3-5-8-17)23(27)25-19-10-6-9-18(24)15-19/h3-13,15,20,26H,14H2,1-2H3,(H,25,27)/t20-/m1/s1. The van der Waals surface area contributed by atoms with Gasteiger partial charge in [-0.3, -0.25) is 4.79 Å². The Hall–Kier alpha value is -2.68. The average molecular weight is 503 g/mol. The SMILES string of the molecule is COc1ccc(C)cc1S(=O)(=O)N[C@H](Cc1ccccc1)C(=O)Nc1cccc(Br)c1. The second-order valence-electron chi connectivity index (χ2n) is 7.02. The van der Waals surface area contributed by atoms with Gasteiger partial charge in [-0.25, -0.2) is 8.42 Å². The van der Waals surface area contributed by atoms with Crippen molar-refractivity contribution in [1.29, 1.82) is 0 Å². The van der Waals surface area contributed by atoms with Crippen LogP contribution in [0.4, 0.5) is 5.69 Å². The van der Waals surface area contributed by atoms with Gasteiger partial charge in [0.1, 0.15) is 16.7 Å². The maximum Gasteiger partial charge on any atom is 0.245 e. The Morgan fingerprint density at radius 3 is 2.45 bits per heavy atom. The van der Waals surface area contributed by atoms with Gasteiger partial charge in [-0.2, -0.15) is 4.72 Å². The second kappa shape index (κ2) is 10.1. The van der Waals surface area contributed by atoms with Crippen molar-refractivity contribution in [1.82, 2.24) is 4.72 Å². The van der Waals surface area contributed by atoms with Gasteiger partial charge in [-0.05, 0) is 54.8 Å². The fourth-order valence-corrected chi connectivity index (χ4v) is 4.93. The van der Waals surface area contributed by atoms with Crippen molar-refractivity contribution in [2.75, 3.05) is 12.4 Å². The molecular weight excluding hydrogens is 480 g/mol. The lowest BCUT2D eigenvalue weighted by atomic mass is 10.1. The quantitative estimate of drug-likeness (QED) is 0.480. The van der Waals surface area contributed by atoms with E-state index in [-0.39, 0.29) is 17.1 Å². The van der Waals surface area contributed by atoms with E-state index in [2.05, 4.69) is 26.0 Å². The number of carbonyl (C=O) groups excluding carboxylic acids is 1. The van der Waals surface area contributed by atoms with Gasteiger partial charge < -0.3 is 10.1 Å². The minimum atomic E-state index is -4.04. The first kappa shape index (κ1) is 23.0. The molecule has 1 amide bonds. The van der Waals surface area contributed by atoms with Crippen LogP contribution in [-0.4, -0.2) is 27.5 Å². The van der Waals surface area contributed by atoms with Crippen molar-refractivity contribution in [3.8, 4) is 5.75 Å². The van der Waals surface area contributed by atoms with Crippen LogP contribution in [0.25, 0.3) is 0 Å². The molecule has 0 bridgehead atoms. The van der Waals surface area contributed by atoms with Gasteiger partial charge in [0.2, 0.25) is 15.9 Å². The van der Waals surface area contributed by atoms with Crippen molar-refractivity contribution >= 4 is 37.5 Å². The molecule has 0 aliphatic heterocycles. The number of hydrogen-bond acceptors (Lipinski definition) is 4. The number of amides is 1. The zero-order valence-corrected chi connectivity index (χ0v) is 19.5. The Morgan fingerprint density at radius 1 is 1.03 bits per heavy atom. The van der Waals surface area contributed by atoms with Crippen LogP contribution in [0.5, 0.6) is 5.75 Å². The number of halogens is 1. The number of carbonyl (C=O) groups is 1. The summed E-state index contributed by atoms with van der Waals surface area (Å²) < 4.78 is 35.0. The van der Waals surface area contributed by atoms with E-state index in [4.69, 9.17) is 4.74 Å². The van der Waals surface area contributed by atoms with E-state index < -0.39 is 22.0 Å². The monoisotopic (exact) mass is 502 g/mol. The molecule has 0 aromatic heterocycles. The molecule has 0 unspecified atom stereocenters. The summed E-state index contributed by atoms with van der Waals surface area (Å²) in [6.45, 7) is 1.79. The molecule has 0 aliphatic carbocycles. The Bertz CT molecular complexity index is 1170. The van der Waals surface area contributed by atoms with Crippen molar-refractivity contribution in [2.24, 2.45) is 0 Å². The van der Waals surface area contributed by atoms with Crippen LogP contribution >= 0.6 is 15.9 Å². The van der Waals surface area contributed by atoms with E-state index in [1.807, 2.05) is 36.4 Å². The molecule has 6 nitrogen and oxygen atoms in total. The number of ether oxygens (including phenoxy) is 1. The maximum atomic E-state index is 13.2. The first-order chi connectivity index (χ1) is 14.8. The summed E-state index contributed by atoms with van der Waals surface area (Å²) in [5, 5.41) is 2.79. The molecule has 2 N–H and O–H groups in total. The first-order valence-electron chi connectivity index (χ1n) is 9.56. The van der Waals surface area contributed by atoms with Crippen molar-refractivity contribution < 1.29 is 17.9 Å². The summed E-state index contributed by atoms with van der Waals surface area (Å²) in [6.07, 6.45) is 0.189. The van der Waals surface area contributed by atoms with Crippen LogP contribution < -0.4 is 14.8 Å². The highest BCUT2D eigenvalue weighted by Gasteiger charge is 2.28. The maximum absolute atomic E-state index is 13.2. The molecule has 31 heavy (non-hydrogen) atoms. The molecule has 0 spiro atoms. The molecule has 0 heterocycles. The predicted molar refractivity (Wildman–Crippen MR) is 125 cm³/mol. The van der Waals surface area contributed by atoms with Gasteiger partial charge in [0.05, 0.1) is 7.11 Å². The van der Waals surface area contributed by atoms with Crippen LogP contribution in [0.15, 0.2) is 82.2 Å². The Balaban J connectivity index is 1.92. The average Bonchev–Trinajstić information content (AvgIpc) is 2.74. The van der Waals surface area contributed by atoms with Gasteiger partial charge >= 0.3 is 0 Å². The summed E-state index contributed by atoms with van der Waals surface area (Å²) in [6, 6.07) is 20.2. The van der Waals surface area contributed by atoms with Crippen LogP contribution in [-0.2, 0) is 21.2 Å². The zero-order valence-electron chi connectivity index (χ0n) is 17.1. The molecule has 0 fully saturated rings. The number of benzene rings is 3. The number of methoxy groups -OCH3 is 1. The highest BCUT2D eigenvalue weighted by Crippen LogP contribution is 2.25. The molecule has 0 saturated heterocycles. The minimum absolute atomic E-state index is 0.0108. The molecule has 0 saturated carbocycles. The predicted octanol–water partition coefficient (Wildman–Crippen LogP) is 4.29. The Kier molecular flexibility index (Phi) is 7.48. The molecule has 3 rings (SSSR count). The Morgan fingerprint density at radius 2 is 1.77 bits per heavy atom. The van der Waals surface area contributed by atoms with Gasteiger partial charge in [0.25, 0.3) is 0 Å². The minimum Gasteiger partial charge on any atom is -0.495 e. The number of rotatable bonds is 8. The van der Waals surface area contributed by atoms with Gasteiger partial charge in [0, 0.05) is 10.2 Å². The molecular formula is C23H23BrN2O4S. The van der Waals surface area contributed by atoms with Gasteiger partial charge in [-0.15, -0.1) is 0 Å². The van der Waals surface area contributed by atoms with Crippen molar-refractivity contribution in [2.45, 2.75) is 24.3 Å². The molecule has 8 heteroatoms. The largest absolute Gasteiger partial charge is 0.495 e. The highest BCUT2D eigenvalue weighted by atomic mass is 79.9. The summed E-state index contributed by atoms with van der Waals surface area (Å²) in [5.41, 5.74) is 2.15. The van der Waals surface area contributed by atoms with Crippen LogP contribution in [0.1, 0.15) is 11.1 Å². The molecule has 1 atom stereocenters. The number of hydrogen-bond donors (Lipinski definition) is 2. The van der Waals surface area contributed by atoms with E-state index in [1.54, 1.807) is 37.3 Å². The Labute approximate surface area is 190 Å². The molecule has 162 valence electrons. The van der Waals surface area contributed by atoms with E-state index in [1.165, 1.54) is 13.2 Å². The topological polar surface area (TPSA) is 84.5 Å². The van der Waals surface area contributed by atoms with Gasteiger partial charge in [0.15, 0.2) is 0 Å². The van der Waals surface area contributed by atoms with E-state index in [0.717, 1.165) is 15.6 Å². The number of sulfonamides is 1. The third kappa shape index (κ3) is 6.16. The lowest BCUT2D eigenvalue weighted by Crippen LogP contribution is -2.45. The molecule has 3 aromatic carbocycles.